The minimum absolute atomic E-state index is 0.0287. The fourth-order valence-electron chi connectivity index (χ4n) is 5.43. The predicted octanol–water partition coefficient (Wildman–Crippen LogP) is 4.86. The van der Waals surface area contributed by atoms with E-state index < -0.39 is 12.2 Å². The second-order valence-corrected chi connectivity index (χ2v) is 10.5. The standard InChI is InChI=1S/C29H38N4O5/c1-19(2)38-28(35)30-26-16-20(3)33(21(4)34)27-11-10-24(17-25(26)27)23-8-6-22(7-9-23)18-31-12-5-13-32(15-14-31)29(36)37/h6-11,17,19-20,26H,5,12-16,18H2,1-4H3,(H,30,35)(H,36,37)/t20-,26+/m0/s1. The van der Waals surface area contributed by atoms with Crippen molar-refractivity contribution in [1.82, 2.24) is 15.1 Å². The molecule has 2 N–H and O–H groups in total. The van der Waals surface area contributed by atoms with E-state index in [1.165, 1.54) is 10.5 Å². The number of alkyl carbamates (subject to hydrolysis) is 1. The van der Waals surface area contributed by atoms with Crippen molar-refractivity contribution >= 4 is 23.8 Å². The van der Waals surface area contributed by atoms with Gasteiger partial charge in [-0.25, -0.2) is 9.59 Å². The molecule has 4 rings (SSSR count). The maximum atomic E-state index is 12.5. The molecule has 0 radical (unpaired) electrons. The second-order valence-electron chi connectivity index (χ2n) is 10.5. The Hall–Kier alpha value is -3.59. The van der Waals surface area contributed by atoms with Crippen LogP contribution in [0.3, 0.4) is 0 Å². The summed E-state index contributed by atoms with van der Waals surface area (Å²) in [4.78, 5) is 41.7. The summed E-state index contributed by atoms with van der Waals surface area (Å²) in [6.45, 7) is 10.6. The Balaban J connectivity index is 1.53. The molecule has 0 bridgehead atoms. The van der Waals surface area contributed by atoms with E-state index in [0.29, 0.717) is 19.5 Å². The molecule has 2 atom stereocenters. The van der Waals surface area contributed by atoms with E-state index in [-0.39, 0.29) is 24.1 Å². The lowest BCUT2D eigenvalue weighted by Gasteiger charge is -2.39. The van der Waals surface area contributed by atoms with Crippen LogP contribution in [0.2, 0.25) is 0 Å². The van der Waals surface area contributed by atoms with Gasteiger partial charge in [-0.15, -0.1) is 0 Å². The Bertz CT molecular complexity index is 1170. The summed E-state index contributed by atoms with van der Waals surface area (Å²) in [6.07, 6.45) is -0.114. The summed E-state index contributed by atoms with van der Waals surface area (Å²) in [6, 6.07) is 14.1. The summed E-state index contributed by atoms with van der Waals surface area (Å²) in [5.41, 5.74) is 4.92. The predicted molar refractivity (Wildman–Crippen MR) is 146 cm³/mol. The van der Waals surface area contributed by atoms with Crippen LogP contribution in [0.5, 0.6) is 0 Å². The van der Waals surface area contributed by atoms with Crippen LogP contribution in [-0.2, 0) is 16.1 Å². The number of carbonyl (C=O) groups excluding carboxylic acids is 2. The van der Waals surface area contributed by atoms with Crippen LogP contribution < -0.4 is 10.2 Å². The van der Waals surface area contributed by atoms with Gasteiger partial charge in [-0.2, -0.15) is 0 Å². The van der Waals surface area contributed by atoms with Crippen LogP contribution in [-0.4, -0.2) is 71.3 Å². The molecule has 0 spiro atoms. The fourth-order valence-corrected chi connectivity index (χ4v) is 5.43. The largest absolute Gasteiger partial charge is 0.465 e. The van der Waals surface area contributed by atoms with Crippen molar-refractivity contribution in [2.75, 3.05) is 31.1 Å². The molecule has 2 aromatic rings. The number of hydrogen-bond acceptors (Lipinski definition) is 5. The Morgan fingerprint density at radius 1 is 1.03 bits per heavy atom. The average Bonchev–Trinajstić information content (AvgIpc) is 3.09. The summed E-state index contributed by atoms with van der Waals surface area (Å²) in [5, 5.41) is 12.3. The Morgan fingerprint density at radius 3 is 2.39 bits per heavy atom. The van der Waals surface area contributed by atoms with E-state index in [2.05, 4.69) is 40.5 Å². The number of nitrogens with zero attached hydrogens (tertiary/aromatic N) is 3. The van der Waals surface area contributed by atoms with E-state index in [1.807, 2.05) is 32.9 Å². The van der Waals surface area contributed by atoms with Gasteiger partial charge >= 0.3 is 12.2 Å². The van der Waals surface area contributed by atoms with Crippen molar-refractivity contribution < 1.29 is 24.2 Å². The van der Waals surface area contributed by atoms with Gasteiger partial charge in [-0.05, 0) is 68.0 Å². The smallest absolute Gasteiger partial charge is 0.407 e. The molecule has 0 saturated carbocycles. The zero-order valence-corrected chi connectivity index (χ0v) is 22.6. The van der Waals surface area contributed by atoms with E-state index in [4.69, 9.17) is 4.74 Å². The van der Waals surface area contributed by atoms with Crippen molar-refractivity contribution in [2.24, 2.45) is 0 Å². The molecule has 2 aliphatic heterocycles. The van der Waals surface area contributed by atoms with Crippen LogP contribution in [0.4, 0.5) is 15.3 Å². The van der Waals surface area contributed by atoms with Crippen LogP contribution in [0, 0.1) is 0 Å². The molecule has 2 aliphatic rings. The highest BCUT2D eigenvalue weighted by Gasteiger charge is 2.33. The SMILES string of the molecule is CC(=O)N1c2ccc(-c3ccc(CN4CCCN(C(=O)O)CC4)cc3)cc2[C@H](NC(=O)OC(C)C)C[C@@H]1C. The van der Waals surface area contributed by atoms with Gasteiger partial charge in [0.25, 0.3) is 0 Å². The van der Waals surface area contributed by atoms with E-state index in [9.17, 15) is 19.5 Å². The minimum Gasteiger partial charge on any atom is -0.465 e. The molecule has 204 valence electrons. The number of rotatable bonds is 5. The van der Waals surface area contributed by atoms with E-state index in [1.54, 1.807) is 11.8 Å². The summed E-state index contributed by atoms with van der Waals surface area (Å²) >= 11 is 0. The van der Waals surface area contributed by atoms with E-state index in [0.717, 1.165) is 48.4 Å². The molecule has 38 heavy (non-hydrogen) atoms. The molecule has 2 heterocycles. The summed E-state index contributed by atoms with van der Waals surface area (Å²) in [5.74, 6) is -0.0287. The number of fused-ring (bicyclic) bond motifs is 1. The van der Waals surface area contributed by atoms with Crippen molar-refractivity contribution in [3.63, 3.8) is 0 Å². The van der Waals surface area contributed by atoms with Gasteiger partial charge in [0.2, 0.25) is 5.91 Å². The van der Waals surface area contributed by atoms with Gasteiger partial charge in [0, 0.05) is 51.4 Å². The highest BCUT2D eigenvalue weighted by atomic mass is 16.6. The number of hydrogen-bond donors (Lipinski definition) is 2. The maximum absolute atomic E-state index is 12.5. The first-order valence-corrected chi connectivity index (χ1v) is 13.3. The molecule has 3 amide bonds. The quantitative estimate of drug-likeness (QED) is 0.582. The number of amides is 3. The third-order valence-corrected chi connectivity index (χ3v) is 7.21. The maximum Gasteiger partial charge on any atom is 0.407 e. The number of anilines is 1. The van der Waals surface area contributed by atoms with Gasteiger partial charge in [0.15, 0.2) is 0 Å². The molecule has 1 fully saturated rings. The monoisotopic (exact) mass is 522 g/mol. The minimum atomic E-state index is -0.851. The molecule has 0 aliphatic carbocycles. The molecule has 0 unspecified atom stereocenters. The lowest BCUT2D eigenvalue weighted by Crippen LogP contribution is -2.45. The Labute approximate surface area is 224 Å². The van der Waals surface area contributed by atoms with Gasteiger partial charge < -0.3 is 25.0 Å². The highest BCUT2D eigenvalue weighted by molar-refractivity contribution is 5.94. The second kappa shape index (κ2) is 11.9. The summed E-state index contributed by atoms with van der Waals surface area (Å²) < 4.78 is 5.33. The van der Waals surface area contributed by atoms with Crippen molar-refractivity contribution in [3.05, 3.63) is 53.6 Å². The number of benzene rings is 2. The number of nitrogens with one attached hydrogen (secondary N) is 1. The van der Waals surface area contributed by atoms with Crippen LogP contribution in [0.15, 0.2) is 42.5 Å². The molecule has 2 aromatic carbocycles. The van der Waals surface area contributed by atoms with Crippen LogP contribution in [0.25, 0.3) is 11.1 Å². The summed E-state index contributed by atoms with van der Waals surface area (Å²) in [7, 11) is 0. The van der Waals surface area contributed by atoms with Crippen molar-refractivity contribution in [1.29, 1.82) is 0 Å². The number of carbonyl (C=O) groups is 3. The zero-order chi connectivity index (χ0) is 27.4. The van der Waals surface area contributed by atoms with Crippen molar-refractivity contribution in [2.45, 2.75) is 65.3 Å². The molecule has 9 nitrogen and oxygen atoms in total. The Kier molecular flexibility index (Phi) is 8.56. The van der Waals surface area contributed by atoms with Gasteiger partial charge in [-0.1, -0.05) is 30.3 Å². The molecule has 9 heteroatoms. The third-order valence-electron chi connectivity index (χ3n) is 7.21. The third kappa shape index (κ3) is 6.45. The molecular formula is C29H38N4O5. The normalized spacial score (nSPS) is 20.0. The first kappa shape index (κ1) is 27.4. The number of carboxylic acid groups (broad SMARTS) is 1. The first-order chi connectivity index (χ1) is 18.1. The van der Waals surface area contributed by atoms with Gasteiger partial charge in [0.05, 0.1) is 12.1 Å². The molecular weight excluding hydrogens is 484 g/mol. The lowest BCUT2D eigenvalue weighted by atomic mass is 9.89. The molecule has 0 aromatic heterocycles. The lowest BCUT2D eigenvalue weighted by molar-refractivity contribution is -0.117. The van der Waals surface area contributed by atoms with Gasteiger partial charge in [-0.3, -0.25) is 9.69 Å². The highest BCUT2D eigenvalue weighted by Crippen LogP contribution is 2.39. The van der Waals surface area contributed by atoms with Crippen LogP contribution in [0.1, 0.15) is 57.7 Å². The average molecular weight is 523 g/mol. The van der Waals surface area contributed by atoms with Crippen molar-refractivity contribution in [3.8, 4) is 11.1 Å². The molecule has 1 saturated heterocycles. The number of ether oxygens (including phenoxy) is 1. The van der Waals surface area contributed by atoms with E-state index >= 15 is 0 Å². The zero-order valence-electron chi connectivity index (χ0n) is 22.6. The first-order valence-electron chi connectivity index (χ1n) is 13.3. The Morgan fingerprint density at radius 2 is 1.74 bits per heavy atom. The topological polar surface area (TPSA) is 102 Å². The van der Waals surface area contributed by atoms with Crippen LogP contribution >= 0.6 is 0 Å². The van der Waals surface area contributed by atoms with Gasteiger partial charge in [0.1, 0.15) is 0 Å². The fraction of sp³-hybridized carbons (Fsp3) is 0.483.